The summed E-state index contributed by atoms with van der Waals surface area (Å²) in [5.74, 6) is 0. The average molecular weight is 291 g/mol. The smallest absolute Gasteiger partial charge is 0.316 e. The van der Waals surface area contributed by atoms with Crippen LogP contribution in [0.2, 0.25) is 24.2 Å². The standard InChI is InChI=1S/C14H34O2Si2/c1-7-13-15-18(12-6,16-14-8-2)17(9-3,10-4)11-5/h7-14H2,1-6H3. The first kappa shape index (κ1) is 18.4. The summed E-state index contributed by atoms with van der Waals surface area (Å²) >= 11 is 0. The molecule has 0 aromatic rings. The molecule has 0 spiro atoms. The van der Waals surface area contributed by atoms with Gasteiger partial charge in [0.1, 0.15) is 7.59 Å². The summed E-state index contributed by atoms with van der Waals surface area (Å²) in [6, 6.07) is 5.07. The fourth-order valence-electron chi connectivity index (χ4n) is 3.02. The van der Waals surface area contributed by atoms with E-state index in [-0.39, 0.29) is 0 Å². The number of hydrogen-bond donors (Lipinski definition) is 0. The highest BCUT2D eigenvalue weighted by Crippen LogP contribution is 2.35. The van der Waals surface area contributed by atoms with Gasteiger partial charge in [-0.1, -0.05) is 59.7 Å². The quantitative estimate of drug-likeness (QED) is 0.504. The molecule has 0 unspecified atom stereocenters. The summed E-state index contributed by atoms with van der Waals surface area (Å²) < 4.78 is 12.9. The Bertz CT molecular complexity index is 190. The van der Waals surface area contributed by atoms with Gasteiger partial charge in [0.2, 0.25) is 0 Å². The van der Waals surface area contributed by atoms with Crippen LogP contribution in [0.3, 0.4) is 0 Å². The molecule has 0 amide bonds. The van der Waals surface area contributed by atoms with E-state index >= 15 is 0 Å². The van der Waals surface area contributed by atoms with Crippen LogP contribution in [0.25, 0.3) is 0 Å². The van der Waals surface area contributed by atoms with Gasteiger partial charge in [-0.2, -0.15) is 0 Å². The zero-order valence-corrected chi connectivity index (χ0v) is 15.5. The third kappa shape index (κ3) is 3.92. The van der Waals surface area contributed by atoms with Crippen LogP contribution in [0.15, 0.2) is 0 Å². The lowest BCUT2D eigenvalue weighted by atomic mass is 10.5. The van der Waals surface area contributed by atoms with Gasteiger partial charge in [-0.25, -0.2) is 0 Å². The summed E-state index contributed by atoms with van der Waals surface area (Å²) in [5, 5.41) is 0. The highest BCUT2D eigenvalue weighted by molar-refractivity contribution is 7.37. The van der Waals surface area contributed by atoms with Crippen molar-refractivity contribution in [2.75, 3.05) is 13.2 Å². The third-order valence-electron chi connectivity index (χ3n) is 4.38. The van der Waals surface area contributed by atoms with Gasteiger partial charge in [0.25, 0.3) is 0 Å². The van der Waals surface area contributed by atoms with Gasteiger partial charge in [0.15, 0.2) is 0 Å². The van der Waals surface area contributed by atoms with Gasteiger partial charge >= 0.3 is 8.08 Å². The second kappa shape index (κ2) is 9.29. The molecule has 0 aliphatic heterocycles. The van der Waals surface area contributed by atoms with Crippen molar-refractivity contribution in [2.24, 2.45) is 0 Å². The van der Waals surface area contributed by atoms with Crippen LogP contribution >= 0.6 is 0 Å². The van der Waals surface area contributed by atoms with Gasteiger partial charge in [-0.3, -0.25) is 0 Å². The summed E-state index contributed by atoms with van der Waals surface area (Å²) in [5.41, 5.74) is 0. The van der Waals surface area contributed by atoms with Crippen LogP contribution in [0.5, 0.6) is 0 Å². The van der Waals surface area contributed by atoms with Crippen molar-refractivity contribution in [3.8, 4) is 0 Å². The summed E-state index contributed by atoms with van der Waals surface area (Å²) in [7, 11) is -3.33. The highest BCUT2D eigenvalue weighted by atomic mass is 29.3. The SMILES string of the molecule is CCCO[Si](CC)(OCCC)[Si](CC)(CC)CC. The zero-order valence-electron chi connectivity index (χ0n) is 13.5. The van der Waals surface area contributed by atoms with Gasteiger partial charge in [-0.15, -0.1) is 0 Å². The lowest BCUT2D eigenvalue weighted by molar-refractivity contribution is 0.184. The van der Waals surface area contributed by atoms with Crippen LogP contribution < -0.4 is 0 Å². The Morgan fingerprint density at radius 2 is 1.00 bits per heavy atom. The molecule has 18 heavy (non-hydrogen) atoms. The van der Waals surface area contributed by atoms with E-state index in [1.54, 1.807) is 0 Å². The van der Waals surface area contributed by atoms with E-state index in [1.165, 1.54) is 18.1 Å². The molecule has 0 saturated heterocycles. The maximum Gasteiger partial charge on any atom is 0.316 e. The molecule has 0 aliphatic rings. The lowest BCUT2D eigenvalue weighted by Gasteiger charge is -2.44. The van der Waals surface area contributed by atoms with Crippen molar-refractivity contribution in [2.45, 2.75) is 78.6 Å². The normalized spacial score (nSPS) is 13.0. The largest absolute Gasteiger partial charge is 0.397 e. The summed E-state index contributed by atoms with van der Waals surface area (Å²) in [4.78, 5) is 0. The molecule has 0 N–H and O–H groups in total. The Morgan fingerprint density at radius 1 is 0.611 bits per heavy atom. The molecule has 0 fully saturated rings. The predicted molar refractivity (Wildman–Crippen MR) is 85.9 cm³/mol. The van der Waals surface area contributed by atoms with E-state index in [2.05, 4.69) is 41.5 Å². The molecule has 0 aliphatic carbocycles. The Balaban J connectivity index is 5.20. The van der Waals surface area contributed by atoms with Crippen molar-refractivity contribution >= 4 is 15.7 Å². The molecular formula is C14H34O2Si2. The minimum Gasteiger partial charge on any atom is -0.397 e. The second-order valence-corrected chi connectivity index (χ2v) is 18.1. The van der Waals surface area contributed by atoms with Gasteiger partial charge in [0.05, 0.1) is 0 Å². The topological polar surface area (TPSA) is 18.5 Å². The van der Waals surface area contributed by atoms with E-state index in [0.29, 0.717) is 0 Å². The molecule has 0 atom stereocenters. The lowest BCUT2D eigenvalue weighted by Crippen LogP contribution is -2.65. The Hall–Kier alpha value is 0.354. The molecule has 0 heterocycles. The van der Waals surface area contributed by atoms with Crippen LogP contribution in [0.1, 0.15) is 54.4 Å². The average Bonchev–Trinajstić information content (AvgIpc) is 2.43. The van der Waals surface area contributed by atoms with E-state index in [0.717, 1.165) is 32.1 Å². The van der Waals surface area contributed by atoms with Gasteiger partial charge in [0, 0.05) is 13.2 Å². The van der Waals surface area contributed by atoms with Gasteiger partial charge < -0.3 is 8.85 Å². The maximum absolute atomic E-state index is 6.45. The molecule has 0 rings (SSSR count). The minimum atomic E-state index is -1.95. The van der Waals surface area contributed by atoms with Crippen molar-refractivity contribution in [3.05, 3.63) is 0 Å². The Morgan fingerprint density at radius 3 is 1.22 bits per heavy atom. The van der Waals surface area contributed by atoms with Crippen molar-refractivity contribution in [3.63, 3.8) is 0 Å². The predicted octanol–water partition coefficient (Wildman–Crippen LogP) is 4.89. The first-order valence-electron chi connectivity index (χ1n) is 7.89. The van der Waals surface area contributed by atoms with E-state index in [4.69, 9.17) is 8.85 Å². The second-order valence-electron chi connectivity index (χ2n) is 5.14. The highest BCUT2D eigenvalue weighted by Gasteiger charge is 2.54. The van der Waals surface area contributed by atoms with Gasteiger partial charge in [-0.05, 0) is 18.9 Å². The number of hydrogen-bond acceptors (Lipinski definition) is 2. The summed E-state index contributed by atoms with van der Waals surface area (Å²) in [6.45, 7) is 15.5. The minimum absolute atomic E-state index is 0.887. The van der Waals surface area contributed by atoms with E-state index < -0.39 is 15.7 Å². The Kier molecular flexibility index (Phi) is 9.47. The van der Waals surface area contributed by atoms with Crippen LogP contribution in [0.4, 0.5) is 0 Å². The summed E-state index contributed by atoms with van der Waals surface area (Å²) in [6.07, 6.45) is 2.21. The molecule has 0 bridgehead atoms. The van der Waals surface area contributed by atoms with Crippen LogP contribution in [0, 0.1) is 0 Å². The van der Waals surface area contributed by atoms with Crippen LogP contribution in [-0.2, 0) is 8.85 Å². The molecular weight excluding hydrogens is 256 g/mol. The van der Waals surface area contributed by atoms with E-state index in [1.807, 2.05) is 0 Å². The first-order valence-corrected chi connectivity index (χ1v) is 13.5. The third-order valence-corrected chi connectivity index (χ3v) is 22.3. The maximum atomic E-state index is 6.45. The fraction of sp³-hybridized carbons (Fsp3) is 1.00. The molecule has 0 saturated carbocycles. The van der Waals surface area contributed by atoms with Crippen LogP contribution in [-0.4, -0.2) is 28.9 Å². The monoisotopic (exact) mass is 290 g/mol. The molecule has 4 heteroatoms. The molecule has 0 aromatic heterocycles. The van der Waals surface area contributed by atoms with Crippen molar-refractivity contribution < 1.29 is 8.85 Å². The molecule has 0 radical (unpaired) electrons. The van der Waals surface area contributed by atoms with E-state index in [9.17, 15) is 0 Å². The molecule has 110 valence electrons. The molecule has 2 nitrogen and oxygen atoms in total. The number of rotatable bonds is 11. The Labute approximate surface area is 117 Å². The first-order chi connectivity index (χ1) is 8.61. The zero-order chi connectivity index (χ0) is 14.1. The molecule has 0 aromatic carbocycles. The fourth-order valence-corrected chi connectivity index (χ4v) is 18.6. The van der Waals surface area contributed by atoms with Crippen molar-refractivity contribution in [1.82, 2.24) is 0 Å². The van der Waals surface area contributed by atoms with Crippen molar-refractivity contribution in [1.29, 1.82) is 0 Å².